The van der Waals surface area contributed by atoms with Crippen LogP contribution in [0.4, 0.5) is 0 Å². The predicted molar refractivity (Wildman–Crippen MR) is 140 cm³/mol. The summed E-state index contributed by atoms with van der Waals surface area (Å²) in [5, 5.41) is 1.89. The molecule has 0 amide bonds. The smallest absolute Gasteiger partial charge is 0.152 e. The Hall–Kier alpha value is -2.56. The summed E-state index contributed by atoms with van der Waals surface area (Å²) >= 11 is 6.81. The molecule has 0 bridgehead atoms. The second kappa shape index (κ2) is 11.0. The van der Waals surface area contributed by atoms with E-state index in [1.807, 2.05) is 6.20 Å². The molecule has 33 heavy (non-hydrogen) atoms. The first kappa shape index (κ1) is 23.6. The Balaban J connectivity index is 1.66. The summed E-state index contributed by atoms with van der Waals surface area (Å²) in [6, 6.07) is 17.3. The van der Waals surface area contributed by atoms with Gasteiger partial charge < -0.3 is 9.55 Å². The van der Waals surface area contributed by atoms with Gasteiger partial charge in [-0.1, -0.05) is 68.6 Å². The van der Waals surface area contributed by atoms with Crippen LogP contribution in [0.25, 0.3) is 22.3 Å². The molecule has 0 saturated heterocycles. The van der Waals surface area contributed by atoms with Crippen molar-refractivity contribution in [3.63, 3.8) is 0 Å². The van der Waals surface area contributed by atoms with Gasteiger partial charge in [-0.05, 0) is 61.0 Å². The highest BCUT2D eigenvalue weighted by molar-refractivity contribution is 6.30. The van der Waals surface area contributed by atoms with Gasteiger partial charge in [0.2, 0.25) is 0 Å². The van der Waals surface area contributed by atoms with E-state index in [0.29, 0.717) is 5.15 Å². The molecule has 0 atom stereocenters. The lowest BCUT2D eigenvalue weighted by Crippen LogP contribution is -2.25. The molecule has 174 valence electrons. The standard InChI is InChI=1S/C28H35ClN4/c1-4-6-16-32(19-22-12-13-25-23(18-22)14-15-30-25)20-26-27(29)31-28(33(26)17-7-5-2)24-11-9-8-10-21(24)3/h8-15,18,30H,4-7,16-17,19-20H2,1-3H3. The molecule has 0 fully saturated rings. The van der Waals surface area contributed by atoms with Crippen LogP contribution < -0.4 is 0 Å². The van der Waals surface area contributed by atoms with Gasteiger partial charge in [-0.3, -0.25) is 4.90 Å². The lowest BCUT2D eigenvalue weighted by Gasteiger charge is -2.24. The molecule has 2 heterocycles. The molecule has 0 saturated carbocycles. The molecule has 4 aromatic rings. The van der Waals surface area contributed by atoms with Gasteiger partial charge in [0.05, 0.1) is 5.69 Å². The van der Waals surface area contributed by atoms with Crippen LogP contribution in [0.5, 0.6) is 0 Å². The van der Waals surface area contributed by atoms with E-state index in [-0.39, 0.29) is 0 Å². The average molecular weight is 463 g/mol. The maximum absolute atomic E-state index is 6.81. The molecule has 2 aromatic heterocycles. The number of imidazole rings is 1. The second-order valence-corrected chi connectivity index (χ2v) is 9.31. The van der Waals surface area contributed by atoms with Gasteiger partial charge in [-0.2, -0.15) is 0 Å². The number of aromatic amines is 1. The first-order valence-corrected chi connectivity index (χ1v) is 12.6. The number of rotatable bonds is 11. The van der Waals surface area contributed by atoms with Crippen molar-refractivity contribution in [3.05, 3.63) is 76.7 Å². The van der Waals surface area contributed by atoms with E-state index in [0.717, 1.165) is 57.0 Å². The number of nitrogens with zero attached hydrogens (tertiary/aromatic N) is 3. The molecule has 5 heteroatoms. The van der Waals surface area contributed by atoms with Gasteiger partial charge in [-0.25, -0.2) is 4.98 Å². The summed E-state index contributed by atoms with van der Waals surface area (Å²) in [7, 11) is 0. The largest absolute Gasteiger partial charge is 0.361 e. The molecular formula is C28H35ClN4. The van der Waals surface area contributed by atoms with E-state index in [4.69, 9.17) is 16.6 Å². The Morgan fingerprint density at radius 2 is 1.82 bits per heavy atom. The van der Waals surface area contributed by atoms with Gasteiger partial charge in [0, 0.05) is 36.9 Å². The van der Waals surface area contributed by atoms with Crippen molar-refractivity contribution in [2.45, 2.75) is 66.1 Å². The Labute approximate surface area is 202 Å². The molecule has 0 unspecified atom stereocenters. The number of H-pyrrole nitrogens is 1. The van der Waals surface area contributed by atoms with E-state index in [9.17, 15) is 0 Å². The number of benzene rings is 2. The molecule has 0 aliphatic rings. The number of aromatic nitrogens is 3. The molecule has 1 N–H and O–H groups in total. The zero-order chi connectivity index (χ0) is 23.2. The summed E-state index contributed by atoms with van der Waals surface area (Å²) in [4.78, 5) is 10.7. The molecule has 0 aliphatic carbocycles. The summed E-state index contributed by atoms with van der Waals surface area (Å²) in [6.45, 7) is 10.3. The number of unbranched alkanes of at least 4 members (excludes halogenated alkanes) is 2. The number of fused-ring (bicyclic) bond motifs is 1. The topological polar surface area (TPSA) is 36.9 Å². The maximum Gasteiger partial charge on any atom is 0.152 e. The van der Waals surface area contributed by atoms with Crippen LogP contribution >= 0.6 is 11.6 Å². The highest BCUT2D eigenvalue weighted by Crippen LogP contribution is 2.30. The third-order valence-corrected chi connectivity index (χ3v) is 6.67. The van der Waals surface area contributed by atoms with Crippen LogP contribution in [0.2, 0.25) is 5.15 Å². The second-order valence-electron chi connectivity index (χ2n) is 8.96. The summed E-state index contributed by atoms with van der Waals surface area (Å²) < 4.78 is 2.36. The van der Waals surface area contributed by atoms with Crippen LogP contribution in [0.1, 0.15) is 56.4 Å². The summed E-state index contributed by atoms with van der Waals surface area (Å²) in [5.74, 6) is 0.991. The fraction of sp³-hybridized carbons (Fsp3) is 0.393. The zero-order valence-electron chi connectivity index (χ0n) is 20.1. The van der Waals surface area contributed by atoms with Gasteiger partial charge in [0.15, 0.2) is 5.15 Å². The number of hydrogen-bond acceptors (Lipinski definition) is 2. The van der Waals surface area contributed by atoms with Crippen LogP contribution in [0.15, 0.2) is 54.7 Å². The van der Waals surface area contributed by atoms with Gasteiger partial charge in [-0.15, -0.1) is 0 Å². The van der Waals surface area contributed by atoms with Crippen molar-refractivity contribution in [3.8, 4) is 11.4 Å². The van der Waals surface area contributed by atoms with Crippen molar-refractivity contribution >= 4 is 22.5 Å². The van der Waals surface area contributed by atoms with Gasteiger partial charge in [0.1, 0.15) is 5.82 Å². The minimum atomic E-state index is 0.631. The molecule has 4 nitrogen and oxygen atoms in total. The minimum Gasteiger partial charge on any atom is -0.361 e. The van der Waals surface area contributed by atoms with Crippen molar-refractivity contribution in [1.29, 1.82) is 0 Å². The zero-order valence-corrected chi connectivity index (χ0v) is 20.8. The Morgan fingerprint density at radius 3 is 2.61 bits per heavy atom. The van der Waals surface area contributed by atoms with E-state index in [2.05, 4.69) is 83.8 Å². The van der Waals surface area contributed by atoms with Crippen LogP contribution in [0, 0.1) is 6.92 Å². The number of hydrogen-bond donors (Lipinski definition) is 1. The van der Waals surface area contributed by atoms with Crippen molar-refractivity contribution < 1.29 is 0 Å². The van der Waals surface area contributed by atoms with Gasteiger partial charge >= 0.3 is 0 Å². The van der Waals surface area contributed by atoms with E-state index in [1.54, 1.807) is 0 Å². The lowest BCUT2D eigenvalue weighted by atomic mass is 10.1. The third-order valence-electron chi connectivity index (χ3n) is 6.37. The average Bonchev–Trinajstić information content (AvgIpc) is 3.40. The normalized spacial score (nSPS) is 11.7. The molecule has 0 spiro atoms. The summed E-state index contributed by atoms with van der Waals surface area (Å²) in [5.41, 5.74) is 6.03. The Kier molecular flexibility index (Phi) is 7.89. The number of aryl methyl sites for hydroxylation is 1. The molecular weight excluding hydrogens is 428 g/mol. The van der Waals surface area contributed by atoms with E-state index >= 15 is 0 Å². The minimum absolute atomic E-state index is 0.631. The van der Waals surface area contributed by atoms with Crippen LogP contribution in [-0.4, -0.2) is 26.0 Å². The molecule has 0 radical (unpaired) electrons. The van der Waals surface area contributed by atoms with E-state index < -0.39 is 0 Å². The quantitative estimate of drug-likeness (QED) is 0.249. The van der Waals surface area contributed by atoms with Gasteiger partial charge in [0.25, 0.3) is 0 Å². The SMILES string of the molecule is CCCCN(Cc1ccc2[nH]ccc2c1)Cc1c(Cl)nc(-c2ccccc2C)n1CCCC. The first-order valence-electron chi connectivity index (χ1n) is 12.2. The van der Waals surface area contributed by atoms with E-state index in [1.165, 1.54) is 34.0 Å². The lowest BCUT2D eigenvalue weighted by molar-refractivity contribution is 0.246. The third kappa shape index (κ3) is 5.51. The Morgan fingerprint density at radius 1 is 1.00 bits per heavy atom. The van der Waals surface area contributed by atoms with Crippen LogP contribution in [0.3, 0.4) is 0 Å². The first-order chi connectivity index (χ1) is 16.1. The number of halogens is 1. The fourth-order valence-electron chi connectivity index (χ4n) is 4.46. The van der Waals surface area contributed by atoms with Crippen LogP contribution in [-0.2, 0) is 19.6 Å². The molecule has 2 aromatic carbocycles. The highest BCUT2D eigenvalue weighted by atomic mass is 35.5. The monoisotopic (exact) mass is 462 g/mol. The fourth-order valence-corrected chi connectivity index (χ4v) is 4.70. The molecule has 4 rings (SSSR count). The summed E-state index contributed by atoms with van der Waals surface area (Å²) in [6.07, 6.45) is 6.58. The number of nitrogens with one attached hydrogen (secondary N) is 1. The molecule has 0 aliphatic heterocycles. The predicted octanol–water partition coefficient (Wildman–Crippen LogP) is 7.60. The van der Waals surface area contributed by atoms with Crippen molar-refractivity contribution in [1.82, 2.24) is 19.4 Å². The highest BCUT2D eigenvalue weighted by Gasteiger charge is 2.20. The van der Waals surface area contributed by atoms with Crippen molar-refractivity contribution in [2.24, 2.45) is 0 Å². The van der Waals surface area contributed by atoms with Crippen molar-refractivity contribution in [2.75, 3.05) is 6.54 Å². The maximum atomic E-state index is 6.81. The Bertz CT molecular complexity index is 1190.